The van der Waals surface area contributed by atoms with Crippen molar-refractivity contribution in [3.8, 4) is 6.07 Å². The highest BCUT2D eigenvalue weighted by atomic mass is 15.0. The van der Waals surface area contributed by atoms with Crippen LogP contribution < -0.4 is 5.32 Å². The Balaban J connectivity index is 1.64. The minimum absolute atomic E-state index is 0.663. The van der Waals surface area contributed by atoms with E-state index < -0.39 is 0 Å². The molecule has 1 aliphatic carbocycles. The van der Waals surface area contributed by atoms with Gasteiger partial charge in [0, 0.05) is 37.3 Å². The maximum atomic E-state index is 8.56. The molecule has 20 heavy (non-hydrogen) atoms. The Morgan fingerprint density at radius 1 is 1.25 bits per heavy atom. The van der Waals surface area contributed by atoms with Gasteiger partial charge in [0.25, 0.3) is 0 Å². The molecule has 0 aliphatic heterocycles. The third-order valence-corrected chi connectivity index (χ3v) is 3.95. The third-order valence-electron chi connectivity index (χ3n) is 3.95. The Morgan fingerprint density at radius 2 is 2.15 bits per heavy atom. The zero-order valence-electron chi connectivity index (χ0n) is 11.8. The quantitative estimate of drug-likeness (QED) is 0.779. The van der Waals surface area contributed by atoms with Gasteiger partial charge in [0.1, 0.15) is 0 Å². The minimum Gasteiger partial charge on any atom is -0.347 e. The van der Waals surface area contributed by atoms with Crippen LogP contribution in [0.25, 0.3) is 10.9 Å². The molecule has 104 valence electrons. The van der Waals surface area contributed by atoms with E-state index in [9.17, 15) is 0 Å². The standard InChI is InChI=1S/C17H21N3/c18-9-2-1-3-10-20-11-8-15-12-14(4-7-17(15)20)13-19-16-5-6-16/h4,7-8,11-12,16,19H,1-3,5-6,10,13H2. The van der Waals surface area contributed by atoms with Crippen LogP contribution in [-0.2, 0) is 13.1 Å². The van der Waals surface area contributed by atoms with Crippen LogP contribution in [0, 0.1) is 11.3 Å². The lowest BCUT2D eigenvalue weighted by molar-refractivity contribution is 0.632. The van der Waals surface area contributed by atoms with Gasteiger partial charge in [-0.15, -0.1) is 0 Å². The van der Waals surface area contributed by atoms with E-state index in [1.807, 2.05) is 0 Å². The second-order valence-corrected chi connectivity index (χ2v) is 5.67. The van der Waals surface area contributed by atoms with Gasteiger partial charge in [-0.3, -0.25) is 0 Å². The summed E-state index contributed by atoms with van der Waals surface area (Å²) in [7, 11) is 0. The van der Waals surface area contributed by atoms with Crippen molar-refractivity contribution in [2.24, 2.45) is 0 Å². The molecular formula is C17H21N3. The number of nitrogens with one attached hydrogen (secondary N) is 1. The molecule has 1 aliphatic rings. The summed E-state index contributed by atoms with van der Waals surface area (Å²) >= 11 is 0. The molecule has 0 amide bonds. The molecule has 0 atom stereocenters. The van der Waals surface area contributed by atoms with Crippen LogP contribution in [0.2, 0.25) is 0 Å². The zero-order valence-corrected chi connectivity index (χ0v) is 11.8. The van der Waals surface area contributed by atoms with Gasteiger partial charge < -0.3 is 9.88 Å². The Morgan fingerprint density at radius 3 is 2.95 bits per heavy atom. The third kappa shape index (κ3) is 3.20. The highest BCUT2D eigenvalue weighted by Crippen LogP contribution is 2.21. The van der Waals surface area contributed by atoms with Crippen molar-refractivity contribution < 1.29 is 0 Å². The second-order valence-electron chi connectivity index (χ2n) is 5.67. The molecule has 3 rings (SSSR count). The first-order valence-corrected chi connectivity index (χ1v) is 7.55. The summed E-state index contributed by atoms with van der Waals surface area (Å²) in [5.74, 6) is 0. The summed E-state index contributed by atoms with van der Waals surface area (Å²) in [6, 6.07) is 11.9. The molecule has 1 aromatic heterocycles. The van der Waals surface area contributed by atoms with Gasteiger partial charge in [0.2, 0.25) is 0 Å². The molecule has 0 radical (unpaired) electrons. The van der Waals surface area contributed by atoms with Crippen LogP contribution in [0.5, 0.6) is 0 Å². The van der Waals surface area contributed by atoms with Crippen LogP contribution in [0.4, 0.5) is 0 Å². The molecule has 1 fully saturated rings. The maximum absolute atomic E-state index is 8.56. The van der Waals surface area contributed by atoms with E-state index in [1.54, 1.807) is 0 Å². The Kier molecular flexibility index (Phi) is 4.03. The summed E-state index contributed by atoms with van der Waals surface area (Å²) < 4.78 is 2.30. The van der Waals surface area contributed by atoms with Crippen LogP contribution in [0.1, 0.15) is 37.7 Å². The van der Waals surface area contributed by atoms with Gasteiger partial charge in [-0.05, 0) is 54.8 Å². The SMILES string of the molecule is N#CCCCCn1ccc2cc(CNC3CC3)ccc21. The fourth-order valence-electron chi connectivity index (χ4n) is 2.59. The highest BCUT2D eigenvalue weighted by Gasteiger charge is 2.19. The molecule has 1 saturated carbocycles. The van der Waals surface area contributed by atoms with Crippen molar-refractivity contribution in [2.45, 2.75) is 51.2 Å². The first-order chi connectivity index (χ1) is 9.86. The first kappa shape index (κ1) is 13.2. The number of aromatic nitrogens is 1. The second kappa shape index (κ2) is 6.11. The van der Waals surface area contributed by atoms with Crippen molar-refractivity contribution >= 4 is 10.9 Å². The molecule has 3 nitrogen and oxygen atoms in total. The van der Waals surface area contributed by atoms with Crippen LogP contribution in [0.15, 0.2) is 30.5 Å². The monoisotopic (exact) mass is 267 g/mol. The van der Waals surface area contributed by atoms with E-state index in [2.05, 4.69) is 46.4 Å². The number of nitrogens with zero attached hydrogens (tertiary/aromatic N) is 2. The average Bonchev–Trinajstić information content (AvgIpc) is 3.22. The van der Waals surface area contributed by atoms with E-state index >= 15 is 0 Å². The van der Waals surface area contributed by atoms with Crippen LogP contribution in [0.3, 0.4) is 0 Å². The van der Waals surface area contributed by atoms with E-state index in [4.69, 9.17) is 5.26 Å². The van der Waals surface area contributed by atoms with Crippen molar-refractivity contribution in [1.82, 2.24) is 9.88 Å². The van der Waals surface area contributed by atoms with E-state index in [0.717, 1.165) is 32.0 Å². The Hall–Kier alpha value is -1.79. The number of hydrogen-bond donors (Lipinski definition) is 1. The number of benzene rings is 1. The van der Waals surface area contributed by atoms with E-state index in [-0.39, 0.29) is 0 Å². The fraction of sp³-hybridized carbons (Fsp3) is 0.471. The summed E-state index contributed by atoms with van der Waals surface area (Å²) in [5, 5.41) is 13.4. The Bertz CT molecular complexity index is 617. The molecule has 0 unspecified atom stereocenters. The van der Waals surface area contributed by atoms with Crippen molar-refractivity contribution in [3.05, 3.63) is 36.0 Å². The molecule has 2 aromatic rings. The maximum Gasteiger partial charge on any atom is 0.0621 e. The molecule has 0 spiro atoms. The smallest absolute Gasteiger partial charge is 0.0621 e. The van der Waals surface area contributed by atoms with Crippen LogP contribution >= 0.6 is 0 Å². The molecule has 3 heteroatoms. The number of rotatable bonds is 7. The van der Waals surface area contributed by atoms with Crippen molar-refractivity contribution in [1.29, 1.82) is 5.26 Å². The topological polar surface area (TPSA) is 40.8 Å². The highest BCUT2D eigenvalue weighted by molar-refractivity contribution is 5.80. The number of nitriles is 1. The van der Waals surface area contributed by atoms with Gasteiger partial charge in [-0.1, -0.05) is 6.07 Å². The van der Waals surface area contributed by atoms with E-state index in [1.165, 1.54) is 29.3 Å². The van der Waals surface area contributed by atoms with E-state index in [0.29, 0.717) is 6.42 Å². The number of unbranched alkanes of at least 4 members (excludes halogenated alkanes) is 2. The zero-order chi connectivity index (χ0) is 13.8. The lowest BCUT2D eigenvalue weighted by atomic mass is 10.1. The summed E-state index contributed by atoms with van der Waals surface area (Å²) in [5.41, 5.74) is 2.67. The average molecular weight is 267 g/mol. The fourth-order valence-corrected chi connectivity index (χ4v) is 2.59. The molecule has 1 N–H and O–H groups in total. The van der Waals surface area contributed by atoms with Gasteiger partial charge >= 0.3 is 0 Å². The van der Waals surface area contributed by atoms with Crippen molar-refractivity contribution in [2.75, 3.05) is 0 Å². The first-order valence-electron chi connectivity index (χ1n) is 7.55. The molecular weight excluding hydrogens is 246 g/mol. The molecule has 1 heterocycles. The largest absolute Gasteiger partial charge is 0.347 e. The summed E-state index contributed by atoms with van der Waals surface area (Å²) in [6.45, 7) is 1.98. The van der Waals surface area contributed by atoms with Crippen LogP contribution in [-0.4, -0.2) is 10.6 Å². The van der Waals surface area contributed by atoms with Gasteiger partial charge in [-0.2, -0.15) is 5.26 Å². The number of hydrogen-bond acceptors (Lipinski definition) is 2. The Labute approximate surface area is 120 Å². The summed E-state index contributed by atoms with van der Waals surface area (Å²) in [6.07, 6.45) is 7.55. The minimum atomic E-state index is 0.663. The van der Waals surface area contributed by atoms with Gasteiger partial charge in [0.15, 0.2) is 0 Å². The van der Waals surface area contributed by atoms with Gasteiger partial charge in [0.05, 0.1) is 6.07 Å². The molecule has 1 aromatic carbocycles. The predicted octanol–water partition coefficient (Wildman–Crippen LogP) is 3.59. The lowest BCUT2D eigenvalue weighted by Crippen LogP contribution is -2.15. The predicted molar refractivity (Wildman–Crippen MR) is 81.3 cm³/mol. The van der Waals surface area contributed by atoms with Crippen molar-refractivity contribution in [3.63, 3.8) is 0 Å². The molecule has 0 saturated heterocycles. The summed E-state index contributed by atoms with van der Waals surface area (Å²) in [4.78, 5) is 0. The normalized spacial score (nSPS) is 14.6. The lowest BCUT2D eigenvalue weighted by Gasteiger charge is -2.06. The molecule has 0 bridgehead atoms. The number of aryl methyl sites for hydroxylation is 1. The van der Waals surface area contributed by atoms with Gasteiger partial charge in [-0.25, -0.2) is 0 Å². The number of fused-ring (bicyclic) bond motifs is 1.